The van der Waals surface area contributed by atoms with Gasteiger partial charge in [0.1, 0.15) is 12.3 Å². The molecule has 0 spiro atoms. The van der Waals surface area contributed by atoms with E-state index in [1.165, 1.54) is 55.8 Å². The predicted molar refractivity (Wildman–Crippen MR) is 159 cm³/mol. The van der Waals surface area contributed by atoms with Crippen LogP contribution in [0.15, 0.2) is 93.3 Å². The fraction of sp³-hybridized carbons (Fsp3) is 0.148. The van der Waals surface area contributed by atoms with Gasteiger partial charge in [0.05, 0.1) is 27.1 Å². The summed E-state index contributed by atoms with van der Waals surface area (Å²) in [4.78, 5) is 20.9. The van der Waals surface area contributed by atoms with Crippen LogP contribution in [-0.4, -0.2) is 46.4 Å². The van der Waals surface area contributed by atoms with Gasteiger partial charge in [-0.05, 0) is 90.4 Å². The molecule has 1 amide bonds. The van der Waals surface area contributed by atoms with Crippen LogP contribution in [-0.2, 0) is 24.8 Å². The van der Waals surface area contributed by atoms with Crippen molar-refractivity contribution in [3.05, 3.63) is 94.7 Å². The molecule has 14 heteroatoms. The Balaban J connectivity index is 1.55. The lowest BCUT2D eigenvalue weighted by molar-refractivity contribution is -0.114. The number of amides is 1. The number of sulfonamides is 2. The Morgan fingerprint density at radius 1 is 0.927 bits per heavy atom. The number of aromatic nitrogens is 2. The summed E-state index contributed by atoms with van der Waals surface area (Å²) >= 11 is 3.31. The molecule has 0 aliphatic heterocycles. The fourth-order valence-electron chi connectivity index (χ4n) is 3.69. The van der Waals surface area contributed by atoms with E-state index < -0.39 is 32.5 Å². The van der Waals surface area contributed by atoms with Crippen LogP contribution in [0.4, 0.5) is 17.3 Å². The van der Waals surface area contributed by atoms with Crippen molar-refractivity contribution in [2.24, 2.45) is 0 Å². The molecule has 2 N–H and O–H groups in total. The third-order valence-electron chi connectivity index (χ3n) is 5.79. The normalized spacial score (nSPS) is 11.5. The molecule has 0 aliphatic rings. The maximum Gasteiger partial charge on any atom is 0.264 e. The third kappa shape index (κ3) is 7.20. The lowest BCUT2D eigenvalue weighted by Crippen LogP contribution is -2.38. The summed E-state index contributed by atoms with van der Waals surface area (Å²) in [6.07, 6.45) is 1.44. The molecule has 0 saturated carbocycles. The molecule has 0 atom stereocenters. The average molecular weight is 661 g/mol. The average Bonchev–Trinajstić information content (AvgIpc) is 2.92. The largest absolute Gasteiger partial charge is 0.496 e. The molecule has 4 rings (SSSR count). The lowest BCUT2D eigenvalue weighted by Gasteiger charge is -2.24. The Kier molecular flexibility index (Phi) is 8.95. The third-order valence-corrected chi connectivity index (χ3v) is 9.52. The molecule has 0 radical (unpaired) electrons. The molecule has 11 nitrogen and oxygen atoms in total. The minimum atomic E-state index is -4.17. The molecular weight excluding hydrogens is 634 g/mol. The number of carbonyl (C=O) groups is 1. The van der Waals surface area contributed by atoms with Crippen LogP contribution in [0.3, 0.4) is 0 Å². The van der Waals surface area contributed by atoms with Gasteiger partial charge in [0.25, 0.3) is 20.0 Å². The second-order valence-corrected chi connectivity index (χ2v) is 13.2. The van der Waals surface area contributed by atoms with Crippen molar-refractivity contribution in [2.75, 3.05) is 28.0 Å². The van der Waals surface area contributed by atoms with E-state index in [4.69, 9.17) is 4.74 Å². The van der Waals surface area contributed by atoms with Crippen molar-refractivity contribution in [3.63, 3.8) is 0 Å². The Bertz CT molecular complexity index is 1780. The van der Waals surface area contributed by atoms with Crippen LogP contribution in [0.2, 0.25) is 0 Å². The van der Waals surface area contributed by atoms with Gasteiger partial charge in [-0.15, -0.1) is 0 Å². The minimum absolute atomic E-state index is 0.0433. The molecule has 0 unspecified atom stereocenters. The van der Waals surface area contributed by atoms with Gasteiger partial charge in [-0.1, -0.05) is 17.7 Å². The van der Waals surface area contributed by atoms with E-state index in [0.717, 1.165) is 9.87 Å². The quantitative estimate of drug-likeness (QED) is 0.253. The van der Waals surface area contributed by atoms with E-state index in [0.29, 0.717) is 21.6 Å². The van der Waals surface area contributed by atoms with Gasteiger partial charge >= 0.3 is 0 Å². The number of aryl methyl sites for hydroxylation is 2. The SMILES string of the molecule is COc1ccc(S(=O)(=O)N(CC(=O)Nc2ccc(S(=O)(=O)Nc3nccc(C)n3)cc2)c2ccc(C)cc2)cc1Br. The molecular formula is C27H26BrN5O6S2. The van der Waals surface area contributed by atoms with E-state index in [1.54, 1.807) is 37.3 Å². The lowest BCUT2D eigenvalue weighted by atomic mass is 10.2. The highest BCUT2D eigenvalue weighted by atomic mass is 79.9. The number of anilines is 3. The van der Waals surface area contributed by atoms with Crippen LogP contribution >= 0.6 is 15.9 Å². The van der Waals surface area contributed by atoms with Crippen LogP contribution < -0.4 is 19.1 Å². The molecule has 214 valence electrons. The van der Waals surface area contributed by atoms with Crippen LogP contribution in [0.1, 0.15) is 11.3 Å². The van der Waals surface area contributed by atoms with Gasteiger partial charge in [-0.2, -0.15) is 0 Å². The number of carbonyl (C=O) groups excluding carboxylic acids is 1. The monoisotopic (exact) mass is 659 g/mol. The number of nitrogens with one attached hydrogen (secondary N) is 2. The Labute approximate surface area is 246 Å². The first-order valence-corrected chi connectivity index (χ1v) is 15.8. The molecule has 0 bridgehead atoms. The smallest absolute Gasteiger partial charge is 0.264 e. The molecule has 4 aromatic rings. The molecule has 1 aromatic heterocycles. The number of benzene rings is 3. The highest BCUT2D eigenvalue weighted by Gasteiger charge is 2.28. The number of nitrogens with zero attached hydrogens (tertiary/aromatic N) is 3. The molecule has 3 aromatic carbocycles. The van der Waals surface area contributed by atoms with Crippen LogP contribution in [0.25, 0.3) is 0 Å². The first kappa shape index (κ1) is 30.0. The first-order valence-electron chi connectivity index (χ1n) is 12.0. The number of methoxy groups -OCH3 is 1. The molecule has 0 saturated heterocycles. The zero-order chi connectivity index (χ0) is 29.8. The van der Waals surface area contributed by atoms with Gasteiger partial charge in [0, 0.05) is 17.6 Å². The van der Waals surface area contributed by atoms with Gasteiger partial charge in [-0.3, -0.25) is 9.10 Å². The minimum Gasteiger partial charge on any atom is -0.496 e. The Morgan fingerprint density at radius 2 is 1.59 bits per heavy atom. The van der Waals surface area contributed by atoms with E-state index >= 15 is 0 Å². The number of hydrogen-bond donors (Lipinski definition) is 2. The van der Waals surface area contributed by atoms with Crippen molar-refractivity contribution in [2.45, 2.75) is 23.6 Å². The number of ether oxygens (including phenoxy) is 1. The summed E-state index contributed by atoms with van der Waals surface area (Å²) in [5.41, 5.74) is 2.08. The molecule has 41 heavy (non-hydrogen) atoms. The Morgan fingerprint density at radius 3 is 2.20 bits per heavy atom. The molecule has 1 heterocycles. The zero-order valence-electron chi connectivity index (χ0n) is 22.2. The number of hydrogen-bond acceptors (Lipinski definition) is 8. The maximum atomic E-state index is 13.7. The molecule has 0 fully saturated rings. The van der Waals surface area contributed by atoms with Crippen LogP contribution in [0, 0.1) is 13.8 Å². The first-order chi connectivity index (χ1) is 19.4. The highest BCUT2D eigenvalue weighted by Crippen LogP contribution is 2.31. The second kappa shape index (κ2) is 12.2. The van der Waals surface area contributed by atoms with E-state index in [1.807, 2.05) is 6.92 Å². The Hall–Kier alpha value is -4.01. The highest BCUT2D eigenvalue weighted by molar-refractivity contribution is 9.10. The summed E-state index contributed by atoms with van der Waals surface area (Å²) in [7, 11) is -6.69. The van der Waals surface area contributed by atoms with Crippen LogP contribution in [0.5, 0.6) is 5.75 Å². The summed E-state index contributed by atoms with van der Waals surface area (Å²) in [6, 6.07) is 18.1. The standard InChI is InChI=1S/C27H26BrN5O6S2/c1-18-4-8-21(9-5-18)33(41(37,38)23-12-13-25(39-3)24(28)16-23)17-26(34)31-20-6-10-22(11-7-20)40(35,36)32-27-29-15-14-19(2)30-27/h4-16H,17H2,1-3H3,(H,31,34)(H,29,30,32). The second-order valence-electron chi connectivity index (χ2n) is 8.84. The van der Waals surface area contributed by atoms with Crippen molar-refractivity contribution in [1.29, 1.82) is 0 Å². The molecule has 0 aliphatic carbocycles. The maximum absolute atomic E-state index is 13.7. The van der Waals surface area contributed by atoms with Crippen molar-refractivity contribution in [3.8, 4) is 5.75 Å². The summed E-state index contributed by atoms with van der Waals surface area (Å²) in [5, 5.41) is 2.63. The van der Waals surface area contributed by atoms with E-state index in [2.05, 4.69) is 35.9 Å². The van der Waals surface area contributed by atoms with E-state index in [-0.39, 0.29) is 21.4 Å². The topological polar surface area (TPSA) is 148 Å². The van der Waals surface area contributed by atoms with Crippen molar-refractivity contribution < 1.29 is 26.4 Å². The number of rotatable bonds is 10. The van der Waals surface area contributed by atoms with Gasteiger partial charge in [0.15, 0.2) is 0 Å². The fourth-order valence-corrected chi connectivity index (χ4v) is 6.78. The summed E-state index contributed by atoms with van der Waals surface area (Å²) in [5.74, 6) is -0.247. The van der Waals surface area contributed by atoms with Gasteiger partial charge in [-0.25, -0.2) is 31.5 Å². The number of halogens is 1. The van der Waals surface area contributed by atoms with E-state index in [9.17, 15) is 21.6 Å². The summed E-state index contributed by atoms with van der Waals surface area (Å²) in [6.45, 7) is 3.03. The predicted octanol–water partition coefficient (Wildman–Crippen LogP) is 4.50. The van der Waals surface area contributed by atoms with Gasteiger partial charge in [0.2, 0.25) is 11.9 Å². The summed E-state index contributed by atoms with van der Waals surface area (Å²) < 4.78 is 61.7. The van der Waals surface area contributed by atoms with Crippen molar-refractivity contribution >= 4 is 59.2 Å². The van der Waals surface area contributed by atoms with Gasteiger partial charge < -0.3 is 10.1 Å². The van der Waals surface area contributed by atoms with Crippen molar-refractivity contribution in [1.82, 2.24) is 9.97 Å². The zero-order valence-corrected chi connectivity index (χ0v) is 25.4.